The Morgan fingerprint density at radius 2 is 2.11 bits per heavy atom. The molecule has 1 aliphatic heterocycles. The van der Waals surface area contributed by atoms with Crippen molar-refractivity contribution in [1.82, 2.24) is 5.16 Å². The lowest BCUT2D eigenvalue weighted by molar-refractivity contribution is 0.254. The van der Waals surface area contributed by atoms with Crippen LogP contribution in [0.5, 0.6) is 0 Å². The molecule has 0 aliphatic carbocycles. The minimum atomic E-state index is -0.320. The van der Waals surface area contributed by atoms with E-state index >= 15 is 0 Å². The molecular weight excluding hydrogens is 381 g/mol. The van der Waals surface area contributed by atoms with Crippen molar-refractivity contribution in [3.63, 3.8) is 0 Å². The van der Waals surface area contributed by atoms with E-state index in [2.05, 4.69) is 10.5 Å². The molecule has 1 aromatic heterocycles. The van der Waals surface area contributed by atoms with E-state index < -0.39 is 0 Å². The number of halogens is 2. The third kappa shape index (κ3) is 3.24. The topological polar surface area (TPSA) is 58.4 Å². The standard InChI is InChI=1S/C21H19ClFN3O2/c1-12-7-8-14-11-15(23)9-10-18(14)26(12)21(27)24-19-13(2)28-25-20(19)16-5-3-4-6-17(16)22/h3-6,9-12H,7-8H2,1-2H3,(H,24,27)/t12-/m1/s1. The number of urea groups is 1. The number of carbonyl (C=O) groups excluding carboxylic acids is 1. The average Bonchev–Trinajstić information content (AvgIpc) is 3.02. The highest BCUT2D eigenvalue weighted by Crippen LogP contribution is 2.36. The monoisotopic (exact) mass is 399 g/mol. The number of nitrogens with one attached hydrogen (secondary N) is 1. The number of fused-ring (bicyclic) bond motifs is 1. The molecule has 0 bridgehead atoms. The zero-order chi connectivity index (χ0) is 19.8. The van der Waals surface area contributed by atoms with E-state index in [1.54, 1.807) is 24.0 Å². The molecule has 3 aromatic rings. The first-order valence-electron chi connectivity index (χ1n) is 9.05. The van der Waals surface area contributed by atoms with Gasteiger partial charge < -0.3 is 9.84 Å². The maximum Gasteiger partial charge on any atom is 0.326 e. The Bertz CT molecular complexity index is 1050. The lowest BCUT2D eigenvalue weighted by Gasteiger charge is -2.35. The smallest absolute Gasteiger partial charge is 0.326 e. The van der Waals surface area contributed by atoms with Crippen LogP contribution in [0.15, 0.2) is 47.0 Å². The van der Waals surface area contributed by atoms with Crippen molar-refractivity contribution in [2.75, 3.05) is 10.2 Å². The molecule has 0 saturated heterocycles. The summed E-state index contributed by atoms with van der Waals surface area (Å²) in [6.07, 6.45) is 1.49. The largest absolute Gasteiger partial charge is 0.359 e. The molecule has 5 nitrogen and oxygen atoms in total. The SMILES string of the molecule is Cc1onc(-c2ccccc2Cl)c1NC(=O)N1c2ccc(F)cc2CC[C@H]1C. The quantitative estimate of drug-likeness (QED) is 0.591. The molecule has 0 radical (unpaired) electrons. The van der Waals surface area contributed by atoms with E-state index in [1.807, 2.05) is 25.1 Å². The molecule has 1 atom stereocenters. The van der Waals surface area contributed by atoms with E-state index in [9.17, 15) is 9.18 Å². The summed E-state index contributed by atoms with van der Waals surface area (Å²) in [6, 6.07) is 11.4. The Morgan fingerprint density at radius 1 is 1.32 bits per heavy atom. The van der Waals surface area contributed by atoms with Gasteiger partial charge in [-0.25, -0.2) is 9.18 Å². The normalized spacial score (nSPS) is 16.0. The second-order valence-electron chi connectivity index (χ2n) is 6.90. The van der Waals surface area contributed by atoms with Gasteiger partial charge in [0.1, 0.15) is 17.2 Å². The van der Waals surface area contributed by atoms with Gasteiger partial charge in [0, 0.05) is 17.3 Å². The van der Waals surface area contributed by atoms with Gasteiger partial charge in [0.25, 0.3) is 0 Å². The van der Waals surface area contributed by atoms with E-state index in [-0.39, 0.29) is 17.9 Å². The number of hydrogen-bond acceptors (Lipinski definition) is 3. The van der Waals surface area contributed by atoms with Crippen LogP contribution in [0.2, 0.25) is 5.02 Å². The predicted octanol–water partition coefficient (Wildman–Crippen LogP) is 5.82. The second kappa shape index (κ2) is 7.28. The number of rotatable bonds is 2. The fraction of sp³-hybridized carbons (Fsp3) is 0.238. The first-order chi connectivity index (χ1) is 13.5. The molecule has 0 unspecified atom stereocenters. The van der Waals surface area contributed by atoms with Crippen molar-refractivity contribution >= 4 is 29.0 Å². The van der Waals surface area contributed by atoms with E-state index in [4.69, 9.17) is 16.1 Å². The van der Waals surface area contributed by atoms with Gasteiger partial charge >= 0.3 is 6.03 Å². The molecule has 1 N–H and O–H groups in total. The summed E-state index contributed by atoms with van der Waals surface area (Å²) in [4.78, 5) is 14.8. The highest BCUT2D eigenvalue weighted by atomic mass is 35.5. The Kier molecular flexibility index (Phi) is 4.81. The molecule has 7 heteroatoms. The molecule has 2 amide bonds. The van der Waals surface area contributed by atoms with Gasteiger partial charge in [-0.05, 0) is 56.5 Å². The van der Waals surface area contributed by atoms with Crippen LogP contribution >= 0.6 is 11.6 Å². The first-order valence-corrected chi connectivity index (χ1v) is 9.43. The Balaban J connectivity index is 1.69. The Hall–Kier alpha value is -2.86. The zero-order valence-corrected chi connectivity index (χ0v) is 16.3. The number of amides is 2. The number of nitrogens with zero attached hydrogens (tertiary/aromatic N) is 2. The van der Waals surface area contributed by atoms with Gasteiger partial charge in [-0.3, -0.25) is 4.90 Å². The van der Waals surface area contributed by atoms with Crippen molar-refractivity contribution in [1.29, 1.82) is 0 Å². The number of carbonyl (C=O) groups is 1. The maximum absolute atomic E-state index is 13.6. The first kappa shape index (κ1) is 18.5. The van der Waals surface area contributed by atoms with E-state index in [0.29, 0.717) is 33.4 Å². The minimum Gasteiger partial charge on any atom is -0.359 e. The molecular formula is C21H19ClFN3O2. The average molecular weight is 400 g/mol. The van der Waals surface area contributed by atoms with Crippen LogP contribution in [0.4, 0.5) is 20.6 Å². The van der Waals surface area contributed by atoms with Crippen molar-refractivity contribution in [3.05, 3.63) is 64.6 Å². The third-order valence-electron chi connectivity index (χ3n) is 5.02. The molecule has 0 fully saturated rings. The third-order valence-corrected chi connectivity index (χ3v) is 5.35. The highest BCUT2D eigenvalue weighted by molar-refractivity contribution is 6.33. The van der Waals surface area contributed by atoms with E-state index in [1.165, 1.54) is 12.1 Å². The maximum atomic E-state index is 13.6. The van der Waals surface area contributed by atoms with Gasteiger partial charge in [-0.15, -0.1) is 0 Å². The summed E-state index contributed by atoms with van der Waals surface area (Å²) in [6.45, 7) is 3.70. The van der Waals surface area contributed by atoms with Gasteiger partial charge in [0.15, 0.2) is 5.76 Å². The van der Waals surface area contributed by atoms with E-state index in [0.717, 1.165) is 18.4 Å². The van der Waals surface area contributed by atoms with Crippen molar-refractivity contribution < 1.29 is 13.7 Å². The summed E-state index contributed by atoms with van der Waals surface area (Å²) in [5.41, 5.74) is 3.15. The zero-order valence-electron chi connectivity index (χ0n) is 15.5. The summed E-state index contributed by atoms with van der Waals surface area (Å²) in [7, 11) is 0. The van der Waals surface area contributed by atoms with Crippen LogP contribution in [0.3, 0.4) is 0 Å². The predicted molar refractivity (Wildman–Crippen MR) is 107 cm³/mol. The van der Waals surface area contributed by atoms with Crippen molar-refractivity contribution in [3.8, 4) is 11.3 Å². The van der Waals surface area contributed by atoms with Gasteiger partial charge in [0.05, 0.1) is 5.02 Å². The minimum absolute atomic E-state index is 0.0260. The van der Waals surface area contributed by atoms with Gasteiger partial charge in [0.2, 0.25) is 0 Å². The molecule has 1 aliphatic rings. The van der Waals surface area contributed by atoms with Gasteiger partial charge in [-0.1, -0.05) is 35.0 Å². The number of benzene rings is 2. The summed E-state index contributed by atoms with van der Waals surface area (Å²) in [5, 5.41) is 7.51. The molecule has 4 rings (SSSR count). The summed E-state index contributed by atoms with van der Waals surface area (Å²) >= 11 is 6.29. The van der Waals surface area contributed by atoms with Gasteiger partial charge in [-0.2, -0.15) is 0 Å². The lowest BCUT2D eigenvalue weighted by atomic mass is 9.97. The second-order valence-corrected chi connectivity index (χ2v) is 7.31. The highest BCUT2D eigenvalue weighted by Gasteiger charge is 2.30. The molecule has 144 valence electrons. The van der Waals surface area contributed by atoms with Crippen LogP contribution in [0.25, 0.3) is 11.3 Å². The van der Waals surface area contributed by atoms with Crippen LogP contribution in [0, 0.1) is 12.7 Å². The fourth-order valence-corrected chi connectivity index (χ4v) is 3.78. The fourth-order valence-electron chi connectivity index (χ4n) is 3.55. The number of hydrogen-bond donors (Lipinski definition) is 1. The molecule has 0 saturated carbocycles. The molecule has 0 spiro atoms. The number of aromatic nitrogens is 1. The lowest BCUT2D eigenvalue weighted by Crippen LogP contribution is -2.44. The molecule has 2 aromatic carbocycles. The van der Waals surface area contributed by atoms with Crippen LogP contribution in [-0.4, -0.2) is 17.2 Å². The molecule has 2 heterocycles. The number of aryl methyl sites for hydroxylation is 2. The Morgan fingerprint density at radius 3 is 2.89 bits per heavy atom. The number of anilines is 2. The van der Waals surface area contributed by atoms with Crippen molar-refractivity contribution in [2.24, 2.45) is 0 Å². The summed E-state index contributed by atoms with van der Waals surface area (Å²) in [5.74, 6) is 0.178. The van der Waals surface area contributed by atoms with Crippen LogP contribution in [-0.2, 0) is 6.42 Å². The summed E-state index contributed by atoms with van der Waals surface area (Å²) < 4.78 is 18.9. The van der Waals surface area contributed by atoms with Crippen molar-refractivity contribution in [2.45, 2.75) is 32.7 Å². The van der Waals surface area contributed by atoms with Crippen LogP contribution in [0.1, 0.15) is 24.7 Å². The Labute approximate surface area is 167 Å². The van der Waals surface area contributed by atoms with Crippen LogP contribution < -0.4 is 10.2 Å². The molecule has 28 heavy (non-hydrogen) atoms.